The lowest BCUT2D eigenvalue weighted by molar-refractivity contribution is -0.141. The van der Waals surface area contributed by atoms with Crippen LogP contribution in [0.25, 0.3) is 23.0 Å². The highest BCUT2D eigenvalue weighted by molar-refractivity contribution is 7.89. The van der Waals surface area contributed by atoms with E-state index in [1.165, 1.54) is 40.7 Å². The molecule has 0 N–H and O–H groups in total. The number of morpholine rings is 1. The van der Waals surface area contributed by atoms with Crippen molar-refractivity contribution >= 4 is 27.9 Å². The molecule has 6 rings (SSSR count). The van der Waals surface area contributed by atoms with Crippen LogP contribution in [0.3, 0.4) is 0 Å². The number of sulfonamides is 1. The maximum atomic E-state index is 13.8. The number of hydrogen-bond donors (Lipinski definition) is 0. The van der Waals surface area contributed by atoms with Crippen LogP contribution in [-0.4, -0.2) is 65.5 Å². The molecular weight excluding hydrogens is 609 g/mol. The van der Waals surface area contributed by atoms with Gasteiger partial charge in [0.1, 0.15) is 17.5 Å². The number of carbonyl (C=O) groups excluding carboxylic acids is 2. The Morgan fingerprint density at radius 2 is 1.63 bits per heavy atom. The van der Waals surface area contributed by atoms with Gasteiger partial charge in [0.25, 0.3) is 11.8 Å². The van der Waals surface area contributed by atoms with Crippen LogP contribution in [0.15, 0.2) is 107 Å². The van der Waals surface area contributed by atoms with Gasteiger partial charge in [-0.3, -0.25) is 14.5 Å². The molecule has 1 saturated heterocycles. The maximum absolute atomic E-state index is 13.8. The number of hydrogen-bond acceptors (Lipinski definition) is 7. The molecule has 2 aliphatic heterocycles. The van der Waals surface area contributed by atoms with Crippen molar-refractivity contribution in [2.45, 2.75) is 18.4 Å². The Bertz CT molecular complexity index is 2020. The zero-order chi connectivity index (χ0) is 32.4. The van der Waals surface area contributed by atoms with Crippen LogP contribution in [0.2, 0.25) is 0 Å². The summed E-state index contributed by atoms with van der Waals surface area (Å²) in [5.74, 6) is -1.80. The minimum Gasteiger partial charge on any atom is -0.379 e. The third-order valence-corrected chi connectivity index (χ3v) is 9.79. The Labute approximate surface area is 265 Å². The van der Waals surface area contributed by atoms with Gasteiger partial charge in [-0.2, -0.15) is 14.7 Å². The lowest BCUT2D eigenvalue weighted by Gasteiger charge is -2.27. The standard InChI is InChI=1S/C34H28FN5O5S/c1-23-30(33(41)39(34(42)31(23)20-36)21-24-7-11-27(35)12-8-24)19-26-22-40(28-5-3-2-4-6-28)37-32(26)25-9-13-29(14-10-25)46(43,44)38-15-17-45-18-16-38/h2-14,19,22H,15-18,21H2,1H3/b30-19+. The normalized spacial score (nSPS) is 17.1. The zero-order valence-corrected chi connectivity index (χ0v) is 25.6. The van der Waals surface area contributed by atoms with Gasteiger partial charge in [-0.25, -0.2) is 17.5 Å². The molecule has 0 radical (unpaired) electrons. The Kier molecular flexibility index (Phi) is 8.46. The predicted octanol–water partition coefficient (Wildman–Crippen LogP) is 4.49. The highest BCUT2D eigenvalue weighted by Gasteiger charge is 2.36. The van der Waals surface area contributed by atoms with E-state index in [0.29, 0.717) is 35.6 Å². The summed E-state index contributed by atoms with van der Waals surface area (Å²) in [6.07, 6.45) is 3.31. The quantitative estimate of drug-likeness (QED) is 0.216. The molecule has 0 unspecified atom stereocenters. The van der Waals surface area contributed by atoms with Crippen molar-refractivity contribution in [3.05, 3.63) is 119 Å². The number of para-hydroxylation sites is 1. The van der Waals surface area contributed by atoms with E-state index in [2.05, 4.69) is 0 Å². The topological polar surface area (TPSA) is 126 Å². The van der Waals surface area contributed by atoms with Crippen LogP contribution in [0.4, 0.5) is 4.39 Å². The molecule has 0 bridgehead atoms. The van der Waals surface area contributed by atoms with Crippen LogP contribution >= 0.6 is 0 Å². The number of halogens is 1. The second-order valence-corrected chi connectivity index (χ2v) is 12.7. The molecule has 12 heteroatoms. The molecule has 232 valence electrons. The van der Waals surface area contributed by atoms with E-state index in [1.807, 2.05) is 36.4 Å². The first kappa shape index (κ1) is 30.8. The summed E-state index contributed by atoms with van der Waals surface area (Å²) in [6, 6.07) is 23.0. The SMILES string of the molecule is CC1=C(C#N)C(=O)N(Cc2ccc(F)cc2)C(=O)/C1=C/c1cn(-c2ccccc2)nc1-c1ccc(S(=O)(=O)N2CCOCC2)cc1. The third kappa shape index (κ3) is 5.91. The fourth-order valence-electron chi connectivity index (χ4n) is 5.35. The largest absolute Gasteiger partial charge is 0.379 e. The van der Waals surface area contributed by atoms with Crippen molar-refractivity contribution in [1.29, 1.82) is 5.26 Å². The van der Waals surface area contributed by atoms with Crippen molar-refractivity contribution in [2.24, 2.45) is 0 Å². The van der Waals surface area contributed by atoms with Crippen LogP contribution in [-0.2, 0) is 30.9 Å². The predicted molar refractivity (Wildman–Crippen MR) is 167 cm³/mol. The van der Waals surface area contributed by atoms with E-state index >= 15 is 0 Å². The van der Waals surface area contributed by atoms with Crippen LogP contribution in [0, 0.1) is 17.1 Å². The maximum Gasteiger partial charge on any atom is 0.271 e. The Balaban J connectivity index is 1.43. The van der Waals surface area contributed by atoms with Gasteiger partial charge in [-0.05, 0) is 60.5 Å². The number of rotatable bonds is 7. The molecule has 2 aliphatic rings. The van der Waals surface area contributed by atoms with Gasteiger partial charge in [0.2, 0.25) is 10.0 Å². The van der Waals surface area contributed by atoms with Gasteiger partial charge in [0.15, 0.2) is 0 Å². The minimum atomic E-state index is -3.72. The van der Waals surface area contributed by atoms with Crippen LogP contribution in [0.1, 0.15) is 18.1 Å². The monoisotopic (exact) mass is 637 g/mol. The van der Waals surface area contributed by atoms with E-state index in [1.54, 1.807) is 36.0 Å². The van der Waals surface area contributed by atoms with E-state index < -0.39 is 27.7 Å². The van der Waals surface area contributed by atoms with E-state index in [9.17, 15) is 27.7 Å². The number of ether oxygens (including phenoxy) is 1. The summed E-state index contributed by atoms with van der Waals surface area (Å²) in [6.45, 7) is 2.61. The van der Waals surface area contributed by atoms with Gasteiger partial charge in [-0.1, -0.05) is 42.5 Å². The molecule has 0 atom stereocenters. The van der Waals surface area contributed by atoms with Gasteiger partial charge in [0, 0.05) is 36.0 Å². The molecule has 10 nitrogen and oxygen atoms in total. The molecule has 2 amide bonds. The van der Waals surface area contributed by atoms with E-state index in [-0.39, 0.29) is 41.2 Å². The minimum absolute atomic E-state index is 0.124. The number of nitrogens with zero attached hydrogens (tertiary/aromatic N) is 5. The van der Waals surface area contributed by atoms with E-state index in [4.69, 9.17) is 9.84 Å². The molecule has 4 aromatic rings. The van der Waals surface area contributed by atoms with Crippen LogP contribution in [0.5, 0.6) is 0 Å². The summed E-state index contributed by atoms with van der Waals surface area (Å²) >= 11 is 0. The molecule has 0 saturated carbocycles. The van der Waals surface area contributed by atoms with Crippen LogP contribution < -0.4 is 0 Å². The summed E-state index contributed by atoms with van der Waals surface area (Å²) in [5.41, 5.74) is 2.97. The number of amides is 2. The van der Waals surface area contributed by atoms with Crippen molar-refractivity contribution in [2.75, 3.05) is 26.3 Å². The van der Waals surface area contributed by atoms with Crippen molar-refractivity contribution in [3.63, 3.8) is 0 Å². The first-order chi connectivity index (χ1) is 22.2. The number of imide groups is 1. The highest BCUT2D eigenvalue weighted by Crippen LogP contribution is 2.32. The summed E-state index contributed by atoms with van der Waals surface area (Å²) in [4.78, 5) is 28.1. The highest BCUT2D eigenvalue weighted by atomic mass is 32.2. The summed E-state index contributed by atoms with van der Waals surface area (Å²) in [5, 5.41) is 14.7. The smallest absolute Gasteiger partial charge is 0.271 e. The van der Waals surface area contributed by atoms with Crippen molar-refractivity contribution < 1.29 is 27.1 Å². The third-order valence-electron chi connectivity index (χ3n) is 7.88. The average molecular weight is 638 g/mol. The molecule has 3 heterocycles. The number of nitriles is 1. The van der Waals surface area contributed by atoms with Crippen molar-refractivity contribution in [1.82, 2.24) is 19.0 Å². The van der Waals surface area contributed by atoms with E-state index in [0.717, 1.165) is 10.6 Å². The number of benzene rings is 3. The fourth-order valence-corrected chi connectivity index (χ4v) is 6.76. The molecule has 0 aliphatic carbocycles. The van der Waals surface area contributed by atoms with Gasteiger partial charge >= 0.3 is 0 Å². The fraction of sp³-hybridized carbons (Fsp3) is 0.176. The molecule has 46 heavy (non-hydrogen) atoms. The second-order valence-electron chi connectivity index (χ2n) is 10.7. The summed E-state index contributed by atoms with van der Waals surface area (Å²) in [7, 11) is -3.72. The molecular formula is C34H28FN5O5S. The van der Waals surface area contributed by atoms with Gasteiger partial charge in [-0.15, -0.1) is 0 Å². The number of carbonyl (C=O) groups is 2. The molecule has 1 aromatic heterocycles. The summed E-state index contributed by atoms with van der Waals surface area (Å²) < 4.78 is 48.3. The number of aromatic nitrogens is 2. The first-order valence-electron chi connectivity index (χ1n) is 14.4. The molecule has 0 spiro atoms. The lowest BCUT2D eigenvalue weighted by Crippen LogP contribution is -2.42. The lowest BCUT2D eigenvalue weighted by atomic mass is 9.93. The Morgan fingerprint density at radius 3 is 2.28 bits per heavy atom. The molecule has 1 fully saturated rings. The van der Waals surface area contributed by atoms with Gasteiger partial charge in [0.05, 0.1) is 36.0 Å². The zero-order valence-electron chi connectivity index (χ0n) is 24.8. The van der Waals surface area contributed by atoms with Crippen molar-refractivity contribution in [3.8, 4) is 23.0 Å². The Morgan fingerprint density at radius 1 is 0.957 bits per heavy atom. The Hall–Kier alpha value is -5.22. The molecule has 3 aromatic carbocycles. The first-order valence-corrected chi connectivity index (χ1v) is 15.9. The average Bonchev–Trinajstić information content (AvgIpc) is 3.51. The van der Waals surface area contributed by atoms with Gasteiger partial charge < -0.3 is 4.74 Å². The second kappa shape index (κ2) is 12.6.